The van der Waals surface area contributed by atoms with Gasteiger partial charge in [0.05, 0.1) is 6.20 Å². The molecule has 90 valence electrons. The third-order valence-electron chi connectivity index (χ3n) is 3.73. The van der Waals surface area contributed by atoms with Gasteiger partial charge in [-0.1, -0.05) is 6.92 Å². The van der Waals surface area contributed by atoms with Gasteiger partial charge in [0, 0.05) is 30.9 Å². The monoisotopic (exact) mass is 221 g/mol. The van der Waals surface area contributed by atoms with Crippen LogP contribution in [-0.4, -0.2) is 15.8 Å². The Balaban J connectivity index is 1.85. The summed E-state index contributed by atoms with van der Waals surface area (Å²) in [5.74, 6) is 0.923. The second-order valence-corrected chi connectivity index (χ2v) is 5.29. The Morgan fingerprint density at radius 2 is 2.06 bits per heavy atom. The van der Waals surface area contributed by atoms with Crippen molar-refractivity contribution in [2.75, 3.05) is 0 Å². The van der Waals surface area contributed by atoms with E-state index in [1.54, 1.807) is 0 Å². The molecule has 2 rings (SSSR count). The zero-order valence-electron chi connectivity index (χ0n) is 10.6. The van der Waals surface area contributed by atoms with Crippen LogP contribution >= 0.6 is 0 Å². The molecule has 1 aromatic rings. The predicted molar refractivity (Wildman–Crippen MR) is 66.2 cm³/mol. The number of hydrogen-bond acceptors (Lipinski definition) is 2. The highest BCUT2D eigenvalue weighted by molar-refractivity contribution is 5.09. The van der Waals surface area contributed by atoms with Crippen LogP contribution in [-0.2, 0) is 7.05 Å². The van der Waals surface area contributed by atoms with E-state index in [1.165, 1.54) is 31.2 Å². The van der Waals surface area contributed by atoms with Crippen LogP contribution in [0.15, 0.2) is 12.4 Å². The van der Waals surface area contributed by atoms with Crippen molar-refractivity contribution in [2.45, 2.75) is 51.6 Å². The molecule has 0 aromatic carbocycles. The zero-order chi connectivity index (χ0) is 11.5. The second-order valence-electron chi connectivity index (χ2n) is 5.29. The van der Waals surface area contributed by atoms with Gasteiger partial charge >= 0.3 is 0 Å². The number of rotatable bonds is 3. The van der Waals surface area contributed by atoms with E-state index in [0.717, 1.165) is 5.92 Å². The summed E-state index contributed by atoms with van der Waals surface area (Å²) in [7, 11) is 1.97. The molecule has 1 unspecified atom stereocenters. The first kappa shape index (κ1) is 11.6. The molecule has 1 aliphatic carbocycles. The molecule has 0 saturated heterocycles. The fourth-order valence-corrected chi connectivity index (χ4v) is 2.54. The molecule has 0 aliphatic heterocycles. The van der Waals surface area contributed by atoms with E-state index >= 15 is 0 Å². The quantitative estimate of drug-likeness (QED) is 0.850. The molecule has 1 N–H and O–H groups in total. The molecule has 3 nitrogen and oxygen atoms in total. The third-order valence-corrected chi connectivity index (χ3v) is 3.73. The highest BCUT2D eigenvalue weighted by Gasteiger charge is 2.20. The molecule has 1 heterocycles. The van der Waals surface area contributed by atoms with Gasteiger partial charge in [0.25, 0.3) is 0 Å². The smallest absolute Gasteiger partial charge is 0.0537 e. The van der Waals surface area contributed by atoms with Gasteiger partial charge in [-0.2, -0.15) is 5.10 Å². The summed E-state index contributed by atoms with van der Waals surface area (Å²) in [4.78, 5) is 0. The van der Waals surface area contributed by atoms with Gasteiger partial charge in [-0.05, 0) is 38.5 Å². The highest BCUT2D eigenvalue weighted by atomic mass is 15.2. The van der Waals surface area contributed by atoms with Gasteiger partial charge in [-0.25, -0.2) is 0 Å². The number of hydrogen-bond donors (Lipinski definition) is 1. The van der Waals surface area contributed by atoms with Gasteiger partial charge in [0.2, 0.25) is 0 Å². The largest absolute Gasteiger partial charge is 0.307 e. The zero-order valence-corrected chi connectivity index (χ0v) is 10.6. The van der Waals surface area contributed by atoms with Gasteiger partial charge < -0.3 is 5.32 Å². The lowest BCUT2D eigenvalue weighted by molar-refractivity contribution is 0.291. The molecule has 1 fully saturated rings. The van der Waals surface area contributed by atoms with E-state index in [-0.39, 0.29) is 0 Å². The minimum atomic E-state index is 0.423. The first-order chi connectivity index (χ1) is 7.65. The molecule has 0 spiro atoms. The molecule has 16 heavy (non-hydrogen) atoms. The Morgan fingerprint density at radius 3 is 2.62 bits per heavy atom. The summed E-state index contributed by atoms with van der Waals surface area (Å²) in [6.07, 6.45) is 9.46. The number of aryl methyl sites for hydroxylation is 1. The summed E-state index contributed by atoms with van der Waals surface area (Å²) in [5.41, 5.74) is 1.29. The average Bonchev–Trinajstić information content (AvgIpc) is 2.68. The van der Waals surface area contributed by atoms with Crippen LogP contribution < -0.4 is 5.32 Å². The minimum Gasteiger partial charge on any atom is -0.307 e. The Hall–Kier alpha value is -0.830. The average molecular weight is 221 g/mol. The second kappa shape index (κ2) is 5.00. The van der Waals surface area contributed by atoms with Crippen LogP contribution in [0, 0.1) is 5.92 Å². The van der Waals surface area contributed by atoms with Gasteiger partial charge in [-0.15, -0.1) is 0 Å². The first-order valence-electron chi connectivity index (χ1n) is 6.39. The van der Waals surface area contributed by atoms with Crippen LogP contribution in [0.3, 0.4) is 0 Å². The first-order valence-corrected chi connectivity index (χ1v) is 6.39. The third kappa shape index (κ3) is 2.85. The van der Waals surface area contributed by atoms with Crippen LogP contribution in [0.4, 0.5) is 0 Å². The molecule has 0 amide bonds. The Bertz CT molecular complexity index is 324. The van der Waals surface area contributed by atoms with Gasteiger partial charge in [-0.3, -0.25) is 4.68 Å². The lowest BCUT2D eigenvalue weighted by atomic mass is 9.87. The molecule has 1 aromatic heterocycles. The number of nitrogens with one attached hydrogen (secondary N) is 1. The van der Waals surface area contributed by atoms with Crippen molar-refractivity contribution < 1.29 is 0 Å². The van der Waals surface area contributed by atoms with E-state index in [9.17, 15) is 0 Å². The standard InChI is InChI=1S/C13H23N3/c1-10-4-6-13(7-5-10)15-11(2)12-8-14-16(3)9-12/h8-11,13,15H,4-7H2,1-3H3. The van der Waals surface area contributed by atoms with Crippen molar-refractivity contribution in [3.8, 4) is 0 Å². The summed E-state index contributed by atoms with van der Waals surface area (Å²) >= 11 is 0. The molecular formula is C13H23N3. The van der Waals surface area contributed by atoms with E-state index in [0.29, 0.717) is 12.1 Å². The maximum atomic E-state index is 4.22. The van der Waals surface area contributed by atoms with Crippen molar-refractivity contribution in [1.29, 1.82) is 0 Å². The fourth-order valence-electron chi connectivity index (χ4n) is 2.54. The van der Waals surface area contributed by atoms with Crippen molar-refractivity contribution >= 4 is 0 Å². The molecule has 1 atom stereocenters. The van der Waals surface area contributed by atoms with E-state index in [1.807, 2.05) is 17.9 Å². The maximum absolute atomic E-state index is 4.22. The fraction of sp³-hybridized carbons (Fsp3) is 0.769. The number of nitrogens with zero attached hydrogens (tertiary/aromatic N) is 2. The van der Waals surface area contributed by atoms with Gasteiger partial charge in [0.1, 0.15) is 0 Å². The van der Waals surface area contributed by atoms with Crippen LogP contribution in [0.25, 0.3) is 0 Å². The van der Waals surface area contributed by atoms with E-state index in [2.05, 4.69) is 30.5 Å². The van der Waals surface area contributed by atoms with E-state index in [4.69, 9.17) is 0 Å². The van der Waals surface area contributed by atoms with Crippen molar-refractivity contribution in [1.82, 2.24) is 15.1 Å². The summed E-state index contributed by atoms with van der Waals surface area (Å²) in [6, 6.07) is 1.12. The van der Waals surface area contributed by atoms with Crippen LogP contribution in [0.5, 0.6) is 0 Å². The van der Waals surface area contributed by atoms with Crippen LogP contribution in [0.1, 0.15) is 51.1 Å². The maximum Gasteiger partial charge on any atom is 0.0537 e. The molecular weight excluding hydrogens is 198 g/mol. The Kier molecular flexibility index (Phi) is 3.64. The van der Waals surface area contributed by atoms with Crippen molar-refractivity contribution in [3.05, 3.63) is 18.0 Å². The summed E-state index contributed by atoms with van der Waals surface area (Å²) < 4.78 is 1.87. The molecule has 3 heteroatoms. The predicted octanol–water partition coefficient (Wildman–Crippen LogP) is 2.65. The topological polar surface area (TPSA) is 29.9 Å². The van der Waals surface area contributed by atoms with Crippen LogP contribution in [0.2, 0.25) is 0 Å². The SMILES string of the molecule is CC1CCC(NC(C)c2cnn(C)c2)CC1. The van der Waals surface area contributed by atoms with E-state index < -0.39 is 0 Å². The molecule has 0 bridgehead atoms. The number of aromatic nitrogens is 2. The summed E-state index contributed by atoms with van der Waals surface area (Å²) in [6.45, 7) is 4.59. The molecule has 1 aliphatic rings. The molecule has 0 radical (unpaired) electrons. The lowest BCUT2D eigenvalue weighted by Gasteiger charge is -2.29. The van der Waals surface area contributed by atoms with Crippen molar-refractivity contribution in [2.24, 2.45) is 13.0 Å². The Morgan fingerprint density at radius 1 is 1.38 bits per heavy atom. The lowest BCUT2D eigenvalue weighted by Crippen LogP contribution is -2.34. The van der Waals surface area contributed by atoms with Gasteiger partial charge in [0.15, 0.2) is 0 Å². The molecule has 1 saturated carbocycles. The van der Waals surface area contributed by atoms with Crippen molar-refractivity contribution in [3.63, 3.8) is 0 Å². The summed E-state index contributed by atoms with van der Waals surface area (Å²) in [5, 5.41) is 7.94. The normalized spacial score (nSPS) is 27.9. The highest BCUT2D eigenvalue weighted by Crippen LogP contribution is 2.25. The minimum absolute atomic E-state index is 0.423. The Labute approximate surface area is 98.2 Å².